The first-order valence-corrected chi connectivity index (χ1v) is 5.39. The number of carbonyl (C=O) groups excluding carboxylic acids is 1. The lowest BCUT2D eigenvalue weighted by Crippen LogP contribution is -2.20. The number of pyridine rings is 1. The molecular weight excluding hydrogens is 220 g/mol. The Balaban J connectivity index is 2.13. The fourth-order valence-corrected chi connectivity index (χ4v) is 1.48. The second-order valence-corrected chi connectivity index (χ2v) is 3.64. The number of carbonyl (C=O) groups is 1. The van der Waals surface area contributed by atoms with Crippen LogP contribution in [0, 0.1) is 0 Å². The molecule has 0 aromatic carbocycles. The average Bonchev–Trinajstić information content (AvgIpc) is 2.69. The molecule has 1 aromatic rings. The molecule has 0 saturated carbocycles. The third kappa shape index (κ3) is 2.59. The molecule has 0 aliphatic carbocycles. The SMILES string of the molecule is CCOCC1=NN(c2ccc(N)cn2)C(=O)C1. The number of hydrogen-bond acceptors (Lipinski definition) is 5. The lowest BCUT2D eigenvalue weighted by molar-refractivity contribution is -0.117. The molecule has 90 valence electrons. The van der Waals surface area contributed by atoms with Gasteiger partial charge in [0.1, 0.15) is 0 Å². The molecule has 2 heterocycles. The van der Waals surface area contributed by atoms with Crippen LogP contribution in [-0.4, -0.2) is 29.8 Å². The van der Waals surface area contributed by atoms with Gasteiger partial charge in [-0.05, 0) is 19.1 Å². The zero-order chi connectivity index (χ0) is 12.3. The highest BCUT2D eigenvalue weighted by atomic mass is 16.5. The summed E-state index contributed by atoms with van der Waals surface area (Å²) in [5, 5.41) is 5.46. The first-order valence-electron chi connectivity index (χ1n) is 5.39. The first-order chi connectivity index (χ1) is 8.20. The molecule has 0 atom stereocenters. The van der Waals surface area contributed by atoms with Gasteiger partial charge in [-0.25, -0.2) is 4.98 Å². The molecule has 1 aliphatic heterocycles. The lowest BCUT2D eigenvalue weighted by Gasteiger charge is -2.09. The summed E-state index contributed by atoms with van der Waals surface area (Å²) < 4.78 is 5.22. The van der Waals surface area contributed by atoms with Crippen LogP contribution in [-0.2, 0) is 9.53 Å². The van der Waals surface area contributed by atoms with E-state index in [1.54, 1.807) is 12.1 Å². The number of nitrogen functional groups attached to an aromatic ring is 1. The van der Waals surface area contributed by atoms with Gasteiger partial charge in [-0.1, -0.05) is 0 Å². The third-order valence-corrected chi connectivity index (χ3v) is 2.29. The quantitative estimate of drug-likeness (QED) is 0.835. The largest absolute Gasteiger partial charge is 0.397 e. The van der Waals surface area contributed by atoms with E-state index < -0.39 is 0 Å². The van der Waals surface area contributed by atoms with E-state index in [9.17, 15) is 4.79 Å². The van der Waals surface area contributed by atoms with E-state index in [2.05, 4.69) is 10.1 Å². The Morgan fingerprint density at radius 1 is 1.53 bits per heavy atom. The van der Waals surface area contributed by atoms with Crippen molar-refractivity contribution >= 4 is 23.1 Å². The third-order valence-electron chi connectivity index (χ3n) is 2.29. The molecule has 6 nitrogen and oxygen atoms in total. The van der Waals surface area contributed by atoms with Gasteiger partial charge in [-0.3, -0.25) is 4.79 Å². The summed E-state index contributed by atoms with van der Waals surface area (Å²) >= 11 is 0. The van der Waals surface area contributed by atoms with Gasteiger partial charge in [0.05, 0.1) is 30.6 Å². The van der Waals surface area contributed by atoms with Crippen LogP contribution in [0.15, 0.2) is 23.4 Å². The zero-order valence-corrected chi connectivity index (χ0v) is 9.59. The van der Waals surface area contributed by atoms with Crippen molar-refractivity contribution in [1.82, 2.24) is 4.98 Å². The average molecular weight is 234 g/mol. The Morgan fingerprint density at radius 3 is 3.00 bits per heavy atom. The van der Waals surface area contributed by atoms with Crippen LogP contribution in [0.5, 0.6) is 0 Å². The van der Waals surface area contributed by atoms with Gasteiger partial charge in [0.25, 0.3) is 5.91 Å². The molecule has 6 heteroatoms. The molecule has 0 unspecified atom stereocenters. The summed E-state index contributed by atoms with van der Waals surface area (Å²) in [6, 6.07) is 3.35. The summed E-state index contributed by atoms with van der Waals surface area (Å²) in [4.78, 5) is 15.8. The number of nitrogens with zero attached hydrogens (tertiary/aromatic N) is 3. The van der Waals surface area contributed by atoms with Crippen molar-refractivity contribution in [3.8, 4) is 0 Å². The highest BCUT2D eigenvalue weighted by Crippen LogP contribution is 2.18. The second-order valence-electron chi connectivity index (χ2n) is 3.64. The minimum atomic E-state index is -0.100. The fraction of sp³-hybridized carbons (Fsp3) is 0.364. The number of aromatic nitrogens is 1. The Hall–Kier alpha value is -1.95. The van der Waals surface area contributed by atoms with Gasteiger partial charge in [0.2, 0.25) is 0 Å². The maximum Gasteiger partial charge on any atom is 0.254 e. The van der Waals surface area contributed by atoms with Crippen LogP contribution in [0.2, 0.25) is 0 Å². The molecule has 1 amide bonds. The van der Waals surface area contributed by atoms with Crippen LogP contribution in [0.1, 0.15) is 13.3 Å². The molecule has 1 aliphatic rings. The van der Waals surface area contributed by atoms with Crippen molar-refractivity contribution in [2.24, 2.45) is 5.10 Å². The Morgan fingerprint density at radius 2 is 2.35 bits per heavy atom. The van der Waals surface area contributed by atoms with Gasteiger partial charge in [-0.2, -0.15) is 10.1 Å². The number of nitrogens with two attached hydrogens (primary N) is 1. The van der Waals surface area contributed by atoms with E-state index in [0.29, 0.717) is 24.7 Å². The monoisotopic (exact) mass is 234 g/mol. The van der Waals surface area contributed by atoms with Crippen LogP contribution < -0.4 is 10.7 Å². The Labute approximate surface area is 99.1 Å². The van der Waals surface area contributed by atoms with Crippen LogP contribution in [0.3, 0.4) is 0 Å². The highest BCUT2D eigenvalue weighted by Gasteiger charge is 2.25. The summed E-state index contributed by atoms with van der Waals surface area (Å²) in [5.74, 6) is 0.382. The highest BCUT2D eigenvalue weighted by molar-refractivity contribution is 6.13. The number of hydrazone groups is 1. The van der Waals surface area contributed by atoms with Gasteiger partial charge in [-0.15, -0.1) is 0 Å². The number of anilines is 2. The van der Waals surface area contributed by atoms with Gasteiger partial charge in [0, 0.05) is 6.61 Å². The molecule has 1 aromatic heterocycles. The van der Waals surface area contributed by atoms with Gasteiger partial charge in [0.15, 0.2) is 5.82 Å². The van der Waals surface area contributed by atoms with Gasteiger partial charge < -0.3 is 10.5 Å². The molecule has 0 saturated heterocycles. The summed E-state index contributed by atoms with van der Waals surface area (Å²) in [6.07, 6.45) is 1.78. The molecule has 2 N–H and O–H groups in total. The predicted molar refractivity (Wildman–Crippen MR) is 64.7 cm³/mol. The van der Waals surface area contributed by atoms with E-state index in [1.807, 2.05) is 6.92 Å². The maximum absolute atomic E-state index is 11.7. The molecule has 0 fully saturated rings. The predicted octanol–water partition coefficient (Wildman–Crippen LogP) is 0.793. The topological polar surface area (TPSA) is 80.8 Å². The summed E-state index contributed by atoms with van der Waals surface area (Å²) in [7, 11) is 0. The number of rotatable bonds is 4. The molecule has 0 radical (unpaired) electrons. The minimum Gasteiger partial charge on any atom is -0.397 e. The van der Waals surface area contributed by atoms with Crippen LogP contribution in [0.25, 0.3) is 0 Å². The van der Waals surface area contributed by atoms with Crippen molar-refractivity contribution in [1.29, 1.82) is 0 Å². The summed E-state index contributed by atoms with van der Waals surface area (Å²) in [6.45, 7) is 2.89. The number of hydrogen-bond donors (Lipinski definition) is 1. The number of ether oxygens (including phenoxy) is 1. The van der Waals surface area contributed by atoms with E-state index >= 15 is 0 Å². The van der Waals surface area contributed by atoms with Crippen molar-refractivity contribution in [2.45, 2.75) is 13.3 Å². The smallest absolute Gasteiger partial charge is 0.254 e. The van der Waals surface area contributed by atoms with Crippen molar-refractivity contribution in [3.05, 3.63) is 18.3 Å². The molecule has 0 bridgehead atoms. The molecule has 0 spiro atoms. The van der Waals surface area contributed by atoms with E-state index in [0.717, 1.165) is 5.71 Å². The first kappa shape index (κ1) is 11.5. The number of amides is 1. The Kier molecular flexibility index (Phi) is 3.34. The van der Waals surface area contributed by atoms with Crippen molar-refractivity contribution in [3.63, 3.8) is 0 Å². The maximum atomic E-state index is 11.7. The van der Waals surface area contributed by atoms with E-state index in [-0.39, 0.29) is 12.3 Å². The van der Waals surface area contributed by atoms with E-state index in [1.165, 1.54) is 11.2 Å². The normalized spacial score (nSPS) is 15.2. The van der Waals surface area contributed by atoms with Crippen molar-refractivity contribution in [2.75, 3.05) is 24.0 Å². The van der Waals surface area contributed by atoms with Crippen LogP contribution in [0.4, 0.5) is 11.5 Å². The molecule has 2 rings (SSSR count). The van der Waals surface area contributed by atoms with E-state index in [4.69, 9.17) is 10.5 Å². The fourth-order valence-electron chi connectivity index (χ4n) is 1.48. The van der Waals surface area contributed by atoms with Crippen LogP contribution >= 0.6 is 0 Å². The molecule has 17 heavy (non-hydrogen) atoms. The Bertz CT molecular complexity index is 441. The van der Waals surface area contributed by atoms with Crippen molar-refractivity contribution < 1.29 is 9.53 Å². The molecular formula is C11H14N4O2. The summed E-state index contributed by atoms with van der Waals surface area (Å²) in [5.41, 5.74) is 6.80. The zero-order valence-electron chi connectivity index (χ0n) is 9.59. The minimum absolute atomic E-state index is 0.100. The lowest BCUT2D eigenvalue weighted by atomic mass is 10.3. The van der Waals surface area contributed by atoms with Gasteiger partial charge >= 0.3 is 0 Å². The second kappa shape index (κ2) is 4.92. The standard InChI is InChI=1S/C11H14N4O2/c1-2-17-7-9-5-11(16)15(14-9)10-4-3-8(12)6-13-10/h3-4,6H,2,5,7,12H2,1H3.